The summed E-state index contributed by atoms with van der Waals surface area (Å²) in [4.78, 5) is 4.14. The first-order valence-electron chi connectivity index (χ1n) is 6.13. The van der Waals surface area contributed by atoms with Crippen LogP contribution in [0.25, 0.3) is 16.6 Å². The van der Waals surface area contributed by atoms with Crippen LogP contribution in [-0.2, 0) is 0 Å². The fraction of sp³-hybridized carbons (Fsp3) is 0.200. The van der Waals surface area contributed by atoms with Gasteiger partial charge < -0.3 is 0 Å². The van der Waals surface area contributed by atoms with Crippen molar-refractivity contribution in [2.24, 2.45) is 0 Å². The molecule has 0 unspecified atom stereocenters. The lowest BCUT2D eigenvalue weighted by molar-refractivity contribution is 0.875. The van der Waals surface area contributed by atoms with Gasteiger partial charge in [0.05, 0.1) is 11.7 Å². The Kier molecular flexibility index (Phi) is 2.59. The molecule has 3 aromatic heterocycles. The van der Waals surface area contributed by atoms with E-state index in [1.54, 1.807) is 6.20 Å². The van der Waals surface area contributed by atoms with E-state index in [0.29, 0.717) is 5.92 Å². The molecule has 0 fully saturated rings. The normalized spacial score (nSPS) is 11.3. The molecule has 0 aliphatic heterocycles. The van der Waals surface area contributed by atoms with Crippen LogP contribution in [0.15, 0.2) is 49.1 Å². The van der Waals surface area contributed by atoms with Crippen LogP contribution >= 0.6 is 0 Å². The number of pyridine rings is 2. The maximum Gasteiger partial charge on any atom is 0.0696 e. The standard InChI is InChI=1S/C15H15N3/c1-11(2)14-9-17-18-10-13(5-6-15(14)18)12-4-3-7-16-8-12/h3-11H,1-2H3. The summed E-state index contributed by atoms with van der Waals surface area (Å²) in [6, 6.07) is 8.26. The zero-order valence-electron chi connectivity index (χ0n) is 10.5. The number of rotatable bonds is 2. The average molecular weight is 237 g/mol. The van der Waals surface area contributed by atoms with Crippen LogP contribution in [0.5, 0.6) is 0 Å². The number of hydrogen-bond donors (Lipinski definition) is 0. The molecule has 3 nitrogen and oxygen atoms in total. The summed E-state index contributed by atoms with van der Waals surface area (Å²) < 4.78 is 1.94. The molecule has 0 amide bonds. The smallest absolute Gasteiger partial charge is 0.0696 e. The average Bonchev–Trinajstić information content (AvgIpc) is 2.82. The third-order valence-electron chi connectivity index (χ3n) is 3.16. The highest BCUT2D eigenvalue weighted by Crippen LogP contribution is 2.23. The minimum Gasteiger partial charge on any atom is -0.264 e. The largest absolute Gasteiger partial charge is 0.264 e. The molecule has 0 aromatic carbocycles. The van der Waals surface area contributed by atoms with E-state index in [9.17, 15) is 0 Å². The van der Waals surface area contributed by atoms with Crippen LogP contribution in [-0.4, -0.2) is 14.6 Å². The van der Waals surface area contributed by atoms with Gasteiger partial charge in [0.1, 0.15) is 0 Å². The van der Waals surface area contributed by atoms with Crippen molar-refractivity contribution in [3.63, 3.8) is 0 Å². The number of nitrogens with zero attached hydrogens (tertiary/aromatic N) is 3. The highest BCUT2D eigenvalue weighted by molar-refractivity contribution is 5.66. The lowest BCUT2D eigenvalue weighted by Crippen LogP contribution is -1.90. The molecule has 3 rings (SSSR count). The minimum atomic E-state index is 0.492. The first-order chi connectivity index (χ1) is 8.75. The van der Waals surface area contributed by atoms with Crippen molar-refractivity contribution in [1.82, 2.24) is 14.6 Å². The summed E-state index contributed by atoms with van der Waals surface area (Å²) in [7, 11) is 0. The third-order valence-corrected chi connectivity index (χ3v) is 3.16. The number of hydrogen-bond acceptors (Lipinski definition) is 2. The van der Waals surface area contributed by atoms with E-state index < -0.39 is 0 Å². The van der Waals surface area contributed by atoms with Crippen LogP contribution in [0.1, 0.15) is 25.3 Å². The predicted octanol–water partition coefficient (Wildman–Crippen LogP) is 3.52. The van der Waals surface area contributed by atoms with Gasteiger partial charge in [-0.1, -0.05) is 26.0 Å². The Morgan fingerprint density at radius 1 is 1.06 bits per heavy atom. The van der Waals surface area contributed by atoms with Crippen LogP contribution in [0.2, 0.25) is 0 Å². The van der Waals surface area contributed by atoms with E-state index in [1.165, 1.54) is 11.1 Å². The van der Waals surface area contributed by atoms with Gasteiger partial charge in [0.2, 0.25) is 0 Å². The highest BCUT2D eigenvalue weighted by atomic mass is 15.2. The molecule has 0 radical (unpaired) electrons. The Balaban J connectivity index is 2.13. The maximum atomic E-state index is 4.42. The second-order valence-corrected chi connectivity index (χ2v) is 4.74. The van der Waals surface area contributed by atoms with Crippen molar-refractivity contribution in [3.05, 3.63) is 54.6 Å². The van der Waals surface area contributed by atoms with Crippen molar-refractivity contribution in [1.29, 1.82) is 0 Å². The molecule has 3 heterocycles. The quantitative estimate of drug-likeness (QED) is 0.682. The van der Waals surface area contributed by atoms with Gasteiger partial charge in [-0.25, -0.2) is 4.52 Å². The van der Waals surface area contributed by atoms with Crippen LogP contribution in [0, 0.1) is 0 Å². The van der Waals surface area contributed by atoms with Crippen molar-refractivity contribution in [3.8, 4) is 11.1 Å². The van der Waals surface area contributed by atoms with Crippen molar-refractivity contribution in [2.45, 2.75) is 19.8 Å². The van der Waals surface area contributed by atoms with Gasteiger partial charge in [-0.3, -0.25) is 4.98 Å². The molecule has 0 spiro atoms. The van der Waals surface area contributed by atoms with Gasteiger partial charge >= 0.3 is 0 Å². The summed E-state index contributed by atoms with van der Waals surface area (Å²) in [6.45, 7) is 4.37. The van der Waals surface area contributed by atoms with E-state index in [2.05, 4.69) is 48.3 Å². The molecule has 0 aliphatic carbocycles. The fourth-order valence-corrected chi connectivity index (χ4v) is 2.15. The minimum absolute atomic E-state index is 0.492. The number of aromatic nitrogens is 3. The predicted molar refractivity (Wildman–Crippen MR) is 72.5 cm³/mol. The molecule has 0 aliphatic rings. The van der Waals surface area contributed by atoms with Crippen LogP contribution < -0.4 is 0 Å². The molecule has 0 bridgehead atoms. The van der Waals surface area contributed by atoms with Crippen LogP contribution in [0.3, 0.4) is 0 Å². The molecule has 3 heteroatoms. The lowest BCUT2D eigenvalue weighted by Gasteiger charge is -2.04. The molecule has 0 atom stereocenters. The van der Waals surface area contributed by atoms with E-state index in [-0.39, 0.29) is 0 Å². The first-order valence-corrected chi connectivity index (χ1v) is 6.13. The summed E-state index contributed by atoms with van der Waals surface area (Å²) in [5, 5.41) is 4.42. The Bertz CT molecular complexity index is 669. The molecule has 0 N–H and O–H groups in total. The van der Waals surface area contributed by atoms with E-state index in [0.717, 1.165) is 11.1 Å². The van der Waals surface area contributed by atoms with E-state index >= 15 is 0 Å². The second kappa shape index (κ2) is 4.26. The Hall–Kier alpha value is -2.16. The third kappa shape index (κ3) is 1.78. The Labute approximate surface area is 106 Å². The molecule has 0 saturated heterocycles. The lowest BCUT2D eigenvalue weighted by atomic mass is 10.0. The molecule has 0 saturated carbocycles. The number of fused-ring (bicyclic) bond motifs is 1. The highest BCUT2D eigenvalue weighted by Gasteiger charge is 2.08. The van der Waals surface area contributed by atoms with Crippen molar-refractivity contribution < 1.29 is 0 Å². The van der Waals surface area contributed by atoms with Gasteiger partial charge in [-0.15, -0.1) is 0 Å². The zero-order chi connectivity index (χ0) is 12.5. The van der Waals surface area contributed by atoms with Crippen LogP contribution in [0.4, 0.5) is 0 Å². The monoisotopic (exact) mass is 237 g/mol. The van der Waals surface area contributed by atoms with Gasteiger partial charge in [0.15, 0.2) is 0 Å². The molecule has 3 aromatic rings. The summed E-state index contributed by atoms with van der Waals surface area (Å²) >= 11 is 0. The topological polar surface area (TPSA) is 30.2 Å². The molecule has 18 heavy (non-hydrogen) atoms. The molecule has 90 valence electrons. The molecular formula is C15H15N3. The SMILES string of the molecule is CC(C)c1cnn2cc(-c3cccnc3)ccc12. The van der Waals surface area contributed by atoms with Gasteiger partial charge in [-0.05, 0) is 18.1 Å². The van der Waals surface area contributed by atoms with Gasteiger partial charge in [0, 0.05) is 35.3 Å². The Morgan fingerprint density at radius 2 is 1.94 bits per heavy atom. The Morgan fingerprint density at radius 3 is 2.67 bits per heavy atom. The van der Waals surface area contributed by atoms with E-state index in [4.69, 9.17) is 0 Å². The molecular weight excluding hydrogens is 222 g/mol. The van der Waals surface area contributed by atoms with E-state index in [1.807, 2.05) is 23.0 Å². The maximum absolute atomic E-state index is 4.42. The summed E-state index contributed by atoms with van der Waals surface area (Å²) in [6.07, 6.45) is 7.66. The first kappa shape index (κ1) is 11.0. The summed E-state index contributed by atoms with van der Waals surface area (Å²) in [5.74, 6) is 0.492. The van der Waals surface area contributed by atoms with Gasteiger partial charge in [-0.2, -0.15) is 5.10 Å². The van der Waals surface area contributed by atoms with Crippen molar-refractivity contribution in [2.75, 3.05) is 0 Å². The van der Waals surface area contributed by atoms with Gasteiger partial charge in [0.25, 0.3) is 0 Å². The second-order valence-electron chi connectivity index (χ2n) is 4.74. The van der Waals surface area contributed by atoms with Crippen molar-refractivity contribution >= 4 is 5.52 Å². The summed E-state index contributed by atoms with van der Waals surface area (Å²) in [5.41, 5.74) is 4.71. The fourth-order valence-electron chi connectivity index (χ4n) is 2.15. The zero-order valence-corrected chi connectivity index (χ0v) is 10.5.